The van der Waals surface area contributed by atoms with E-state index in [4.69, 9.17) is 23.2 Å². The number of benzene rings is 2. The Morgan fingerprint density at radius 1 is 1.05 bits per heavy atom. The van der Waals surface area contributed by atoms with E-state index < -0.39 is 10.8 Å². The van der Waals surface area contributed by atoms with Crippen LogP contribution in [0.3, 0.4) is 0 Å². The Labute approximate surface area is 139 Å². The van der Waals surface area contributed by atoms with Gasteiger partial charge in [-0.15, -0.1) is 11.6 Å². The fourth-order valence-electron chi connectivity index (χ4n) is 2.05. The maximum absolute atomic E-state index is 11.3. The third kappa shape index (κ3) is 3.49. The fourth-order valence-corrected chi connectivity index (χ4v) is 2.64. The summed E-state index contributed by atoms with van der Waals surface area (Å²) < 4.78 is 4.58. The summed E-state index contributed by atoms with van der Waals surface area (Å²) in [5, 5.41) is 0.122. The number of hydrogen-bond donors (Lipinski definition) is 0. The van der Waals surface area contributed by atoms with E-state index in [-0.39, 0.29) is 11.7 Å². The number of esters is 1. The van der Waals surface area contributed by atoms with Gasteiger partial charge in [-0.05, 0) is 11.1 Å². The van der Waals surface area contributed by atoms with E-state index in [1.807, 2.05) is 60.7 Å². The third-order valence-corrected chi connectivity index (χ3v) is 4.32. The number of carbonyl (C=O) groups excluding carboxylic acids is 1. The predicted molar refractivity (Wildman–Crippen MR) is 89.7 cm³/mol. The number of nitrogens with zero attached hydrogens (tertiary/aromatic N) is 1. The Kier molecular flexibility index (Phi) is 5.58. The lowest BCUT2D eigenvalue weighted by Gasteiger charge is -2.27. The second kappa shape index (κ2) is 7.43. The molecule has 0 unspecified atom stereocenters. The van der Waals surface area contributed by atoms with Gasteiger partial charge in [0.25, 0.3) is 0 Å². The quantitative estimate of drug-likeness (QED) is 0.471. The minimum Gasteiger partial charge on any atom is -0.468 e. The highest BCUT2D eigenvalue weighted by Crippen LogP contribution is 2.39. The van der Waals surface area contributed by atoms with Crippen LogP contribution in [-0.2, 0) is 14.4 Å². The minimum absolute atomic E-state index is 0.122. The summed E-state index contributed by atoms with van der Waals surface area (Å²) in [6.45, 7) is -0.177. The molecule has 0 saturated heterocycles. The molecular weight excluding hydrogens is 321 g/mol. The molecule has 0 radical (unpaired) electrons. The van der Waals surface area contributed by atoms with Crippen molar-refractivity contribution in [2.24, 2.45) is 4.99 Å². The first kappa shape index (κ1) is 16.5. The summed E-state index contributed by atoms with van der Waals surface area (Å²) in [4.78, 5) is 14.2. The van der Waals surface area contributed by atoms with Crippen LogP contribution < -0.4 is 0 Å². The van der Waals surface area contributed by atoms with Crippen LogP contribution in [0.1, 0.15) is 11.1 Å². The number of methoxy groups -OCH3 is 1. The number of ether oxygens (including phenoxy) is 1. The van der Waals surface area contributed by atoms with Crippen LogP contribution >= 0.6 is 23.2 Å². The van der Waals surface area contributed by atoms with Crippen LogP contribution in [-0.4, -0.2) is 24.8 Å². The molecule has 0 aliphatic carbocycles. The summed E-state index contributed by atoms with van der Waals surface area (Å²) in [7, 11) is 1.30. The van der Waals surface area contributed by atoms with Gasteiger partial charge in [0.15, 0.2) is 0 Å². The van der Waals surface area contributed by atoms with Gasteiger partial charge in [-0.1, -0.05) is 72.3 Å². The molecule has 0 heterocycles. The minimum atomic E-state index is -1.14. The van der Waals surface area contributed by atoms with E-state index in [1.165, 1.54) is 7.11 Å². The van der Waals surface area contributed by atoms with Crippen LogP contribution in [0.5, 0.6) is 0 Å². The summed E-state index contributed by atoms with van der Waals surface area (Å²) in [5.41, 5.74) is 1.56. The Hall–Kier alpha value is -1.84. The van der Waals surface area contributed by atoms with Gasteiger partial charge in [-0.3, -0.25) is 9.79 Å². The first-order valence-corrected chi connectivity index (χ1v) is 7.42. The van der Waals surface area contributed by atoms with E-state index in [1.54, 1.807) is 0 Å². The molecule has 3 nitrogen and oxygen atoms in total. The molecule has 5 heteroatoms. The van der Waals surface area contributed by atoms with Crippen molar-refractivity contribution in [1.82, 2.24) is 0 Å². The topological polar surface area (TPSA) is 38.7 Å². The lowest BCUT2D eigenvalue weighted by molar-refractivity contribution is -0.138. The SMILES string of the molecule is COC(=O)CN=C(Cl)C(Cl)(c1ccccc1)c1ccccc1. The number of aliphatic imine (C=N–C) groups is 1. The zero-order chi connectivity index (χ0) is 16.0. The molecule has 0 bridgehead atoms. The van der Waals surface area contributed by atoms with Crippen LogP contribution in [0.15, 0.2) is 65.7 Å². The average molecular weight is 336 g/mol. The number of halogens is 2. The number of carbonyl (C=O) groups is 1. The molecule has 2 aromatic carbocycles. The Balaban J connectivity index is 2.49. The van der Waals surface area contributed by atoms with E-state index in [9.17, 15) is 4.79 Å². The maximum atomic E-state index is 11.3. The number of hydrogen-bond acceptors (Lipinski definition) is 3. The average Bonchev–Trinajstić information content (AvgIpc) is 2.60. The Bertz CT molecular complexity index is 617. The fraction of sp³-hybridized carbons (Fsp3) is 0.176. The molecule has 0 spiro atoms. The zero-order valence-corrected chi connectivity index (χ0v) is 13.5. The lowest BCUT2D eigenvalue weighted by Crippen LogP contribution is -2.28. The second-order valence-electron chi connectivity index (χ2n) is 4.57. The molecular formula is C17H15Cl2NO2. The molecule has 0 aromatic heterocycles. The van der Waals surface area contributed by atoms with Crippen molar-refractivity contribution in [2.45, 2.75) is 4.87 Å². The van der Waals surface area contributed by atoms with Crippen LogP contribution in [0.4, 0.5) is 0 Å². The van der Waals surface area contributed by atoms with Gasteiger partial charge >= 0.3 is 5.97 Å². The number of rotatable bonds is 5. The van der Waals surface area contributed by atoms with Crippen molar-refractivity contribution in [1.29, 1.82) is 0 Å². The van der Waals surface area contributed by atoms with Crippen LogP contribution in [0, 0.1) is 0 Å². The first-order valence-electron chi connectivity index (χ1n) is 6.66. The van der Waals surface area contributed by atoms with E-state index in [2.05, 4.69) is 9.73 Å². The van der Waals surface area contributed by atoms with Gasteiger partial charge in [0.1, 0.15) is 16.6 Å². The van der Waals surface area contributed by atoms with Gasteiger partial charge in [0.2, 0.25) is 0 Å². The molecule has 114 valence electrons. The molecule has 2 aromatic rings. The molecule has 0 amide bonds. The van der Waals surface area contributed by atoms with Gasteiger partial charge in [0.05, 0.1) is 7.11 Å². The molecule has 22 heavy (non-hydrogen) atoms. The Morgan fingerprint density at radius 2 is 1.50 bits per heavy atom. The molecule has 2 rings (SSSR count). The van der Waals surface area contributed by atoms with Crippen molar-refractivity contribution in [3.63, 3.8) is 0 Å². The van der Waals surface area contributed by atoms with Crippen molar-refractivity contribution in [3.8, 4) is 0 Å². The third-order valence-electron chi connectivity index (χ3n) is 3.20. The standard InChI is InChI=1S/C17H15Cl2NO2/c1-22-15(21)12-20-16(18)17(19,13-8-4-2-5-9-13)14-10-6-3-7-11-14/h2-11H,12H2,1H3. The van der Waals surface area contributed by atoms with Crippen LogP contribution in [0.25, 0.3) is 0 Å². The van der Waals surface area contributed by atoms with Crippen molar-refractivity contribution < 1.29 is 9.53 Å². The maximum Gasteiger partial charge on any atom is 0.327 e. The van der Waals surface area contributed by atoms with Gasteiger partial charge in [-0.2, -0.15) is 0 Å². The first-order chi connectivity index (χ1) is 10.6. The van der Waals surface area contributed by atoms with Crippen molar-refractivity contribution in [3.05, 3.63) is 71.8 Å². The summed E-state index contributed by atoms with van der Waals surface area (Å²) in [6.07, 6.45) is 0. The molecule has 0 aliphatic rings. The molecule has 0 saturated carbocycles. The Morgan fingerprint density at radius 3 is 1.91 bits per heavy atom. The summed E-state index contributed by atoms with van der Waals surface area (Å²) in [5.74, 6) is -0.474. The largest absolute Gasteiger partial charge is 0.468 e. The smallest absolute Gasteiger partial charge is 0.327 e. The highest BCUT2D eigenvalue weighted by molar-refractivity contribution is 6.72. The molecule has 0 fully saturated rings. The van der Waals surface area contributed by atoms with Crippen LogP contribution in [0.2, 0.25) is 0 Å². The van der Waals surface area contributed by atoms with Gasteiger partial charge in [-0.25, -0.2) is 0 Å². The van der Waals surface area contributed by atoms with E-state index in [0.717, 1.165) is 11.1 Å². The zero-order valence-electron chi connectivity index (χ0n) is 12.0. The second-order valence-corrected chi connectivity index (χ2v) is 5.50. The molecule has 0 atom stereocenters. The monoisotopic (exact) mass is 335 g/mol. The molecule has 0 N–H and O–H groups in total. The summed E-state index contributed by atoms with van der Waals surface area (Å²) >= 11 is 13.2. The number of alkyl halides is 1. The summed E-state index contributed by atoms with van der Waals surface area (Å²) in [6, 6.07) is 18.8. The van der Waals surface area contributed by atoms with Crippen molar-refractivity contribution in [2.75, 3.05) is 13.7 Å². The van der Waals surface area contributed by atoms with E-state index in [0.29, 0.717) is 0 Å². The normalized spacial score (nSPS) is 12.0. The lowest BCUT2D eigenvalue weighted by atomic mass is 9.91. The van der Waals surface area contributed by atoms with Gasteiger partial charge in [0, 0.05) is 0 Å². The molecule has 0 aliphatic heterocycles. The van der Waals surface area contributed by atoms with Gasteiger partial charge < -0.3 is 4.74 Å². The predicted octanol–water partition coefficient (Wildman–Crippen LogP) is 3.98. The highest BCUT2D eigenvalue weighted by Gasteiger charge is 2.36. The van der Waals surface area contributed by atoms with Crippen molar-refractivity contribution >= 4 is 34.3 Å². The van der Waals surface area contributed by atoms with E-state index >= 15 is 0 Å². The highest BCUT2D eigenvalue weighted by atomic mass is 35.5.